The molecular formula is C25H17F3N2O5. The monoisotopic (exact) mass is 482 g/mol. The number of Topliss-reactive ketones (excluding diaryl/α,β-unsaturated/α-hetero) is 1. The molecule has 0 spiro atoms. The van der Waals surface area contributed by atoms with Gasteiger partial charge in [0.05, 0.1) is 22.1 Å². The van der Waals surface area contributed by atoms with Gasteiger partial charge in [-0.1, -0.05) is 35.9 Å². The summed E-state index contributed by atoms with van der Waals surface area (Å²) in [5, 5.41) is 22.1. The van der Waals surface area contributed by atoms with Gasteiger partial charge in [-0.05, 0) is 42.8 Å². The fraction of sp³-hybridized carbons (Fsp3) is 0.120. The summed E-state index contributed by atoms with van der Waals surface area (Å²) in [5.41, 5.74) is -0.553. The largest absolute Gasteiger partial charge is 0.507 e. The highest BCUT2D eigenvalue weighted by atomic mass is 19.4. The van der Waals surface area contributed by atoms with E-state index < -0.39 is 40.2 Å². The topological polar surface area (TPSA) is 101 Å². The molecule has 1 fully saturated rings. The van der Waals surface area contributed by atoms with E-state index in [2.05, 4.69) is 0 Å². The van der Waals surface area contributed by atoms with Crippen molar-refractivity contribution >= 4 is 28.8 Å². The molecule has 10 heteroatoms. The first-order valence-electron chi connectivity index (χ1n) is 10.3. The van der Waals surface area contributed by atoms with Crippen LogP contribution in [0.4, 0.5) is 24.5 Å². The van der Waals surface area contributed by atoms with Crippen LogP contribution < -0.4 is 4.90 Å². The molecule has 7 nitrogen and oxygen atoms in total. The summed E-state index contributed by atoms with van der Waals surface area (Å²) in [6.07, 6.45) is -4.70. The number of ketones is 1. The number of benzene rings is 3. The molecule has 3 aromatic carbocycles. The average molecular weight is 482 g/mol. The third kappa shape index (κ3) is 4.37. The Labute approximate surface area is 196 Å². The van der Waals surface area contributed by atoms with Crippen LogP contribution in [-0.4, -0.2) is 21.7 Å². The normalized spacial score (nSPS) is 17.6. The minimum absolute atomic E-state index is 0.195. The van der Waals surface area contributed by atoms with E-state index in [1.807, 2.05) is 6.92 Å². The van der Waals surface area contributed by atoms with Crippen molar-refractivity contribution < 1.29 is 32.8 Å². The molecule has 1 heterocycles. The minimum Gasteiger partial charge on any atom is -0.507 e. The fourth-order valence-corrected chi connectivity index (χ4v) is 3.89. The van der Waals surface area contributed by atoms with Crippen molar-refractivity contribution in [3.05, 3.63) is 111 Å². The highest BCUT2D eigenvalue weighted by Gasteiger charge is 2.47. The lowest BCUT2D eigenvalue weighted by Gasteiger charge is -2.26. The second kappa shape index (κ2) is 8.71. The van der Waals surface area contributed by atoms with Gasteiger partial charge in [-0.2, -0.15) is 13.2 Å². The van der Waals surface area contributed by atoms with Crippen LogP contribution >= 0.6 is 0 Å². The van der Waals surface area contributed by atoms with E-state index in [0.29, 0.717) is 0 Å². The summed E-state index contributed by atoms with van der Waals surface area (Å²) in [7, 11) is 0. The first-order chi connectivity index (χ1) is 16.5. The molecule has 1 amide bonds. The Kier molecular flexibility index (Phi) is 5.89. The van der Waals surface area contributed by atoms with Gasteiger partial charge in [0.2, 0.25) is 0 Å². The maximum atomic E-state index is 13.3. The predicted octanol–water partition coefficient (Wildman–Crippen LogP) is 5.55. The number of aliphatic hydroxyl groups is 1. The molecule has 1 atom stereocenters. The van der Waals surface area contributed by atoms with Crippen LogP contribution in [0.25, 0.3) is 5.76 Å². The number of nitrogens with zero attached hydrogens (tertiary/aromatic N) is 2. The predicted molar refractivity (Wildman–Crippen MR) is 121 cm³/mol. The number of aliphatic hydroxyl groups excluding tert-OH is 1. The van der Waals surface area contributed by atoms with Crippen LogP contribution in [0.2, 0.25) is 0 Å². The molecule has 0 bridgehead atoms. The maximum Gasteiger partial charge on any atom is 0.416 e. The van der Waals surface area contributed by atoms with Crippen LogP contribution in [0.3, 0.4) is 0 Å². The zero-order valence-corrected chi connectivity index (χ0v) is 18.1. The van der Waals surface area contributed by atoms with Crippen LogP contribution in [0.5, 0.6) is 0 Å². The lowest BCUT2D eigenvalue weighted by molar-refractivity contribution is -0.384. The molecule has 0 aromatic heterocycles. The van der Waals surface area contributed by atoms with Crippen LogP contribution in [0.1, 0.15) is 28.3 Å². The quantitative estimate of drug-likeness (QED) is 0.173. The lowest BCUT2D eigenvalue weighted by atomic mass is 9.94. The Morgan fingerprint density at radius 1 is 1.00 bits per heavy atom. The first-order valence-corrected chi connectivity index (χ1v) is 10.3. The summed E-state index contributed by atoms with van der Waals surface area (Å²) in [4.78, 5) is 37.4. The molecule has 4 rings (SSSR count). The number of nitro groups is 1. The highest BCUT2D eigenvalue weighted by molar-refractivity contribution is 6.51. The smallest absolute Gasteiger partial charge is 0.416 e. The van der Waals surface area contributed by atoms with E-state index >= 15 is 0 Å². The van der Waals surface area contributed by atoms with E-state index in [-0.39, 0.29) is 28.1 Å². The number of hydrogen-bond acceptors (Lipinski definition) is 5. The van der Waals surface area contributed by atoms with Crippen molar-refractivity contribution in [3.63, 3.8) is 0 Å². The number of alkyl halides is 3. The molecule has 1 aliphatic rings. The van der Waals surface area contributed by atoms with Crippen molar-refractivity contribution in [1.29, 1.82) is 0 Å². The van der Waals surface area contributed by atoms with E-state index in [4.69, 9.17) is 0 Å². The van der Waals surface area contributed by atoms with Crippen LogP contribution in [-0.2, 0) is 15.8 Å². The van der Waals surface area contributed by atoms with Gasteiger partial charge in [0.25, 0.3) is 17.4 Å². The van der Waals surface area contributed by atoms with Crippen LogP contribution in [0, 0.1) is 17.0 Å². The standard InChI is InChI=1S/C25H17F3N2O5/c1-14-5-7-16(8-6-14)22(31)20-21(15-9-11-18(12-10-15)30(34)35)29(24(33)23(20)32)19-4-2-3-17(13-19)25(26,27)28/h2-13,21,31H,1H3. The third-order valence-corrected chi connectivity index (χ3v) is 5.64. The fourth-order valence-electron chi connectivity index (χ4n) is 3.89. The molecule has 0 aliphatic carbocycles. The van der Waals surface area contributed by atoms with Gasteiger partial charge < -0.3 is 5.11 Å². The number of non-ortho nitro benzene ring substituents is 1. The number of rotatable bonds is 4. The Bertz CT molecular complexity index is 1360. The summed E-state index contributed by atoms with van der Waals surface area (Å²) in [6.45, 7) is 1.81. The van der Waals surface area contributed by atoms with Gasteiger partial charge in [0, 0.05) is 23.4 Å². The number of nitro benzene ring substituents is 1. The lowest BCUT2D eigenvalue weighted by Crippen LogP contribution is -2.29. The Morgan fingerprint density at radius 2 is 1.63 bits per heavy atom. The number of hydrogen-bond donors (Lipinski definition) is 1. The van der Waals surface area contributed by atoms with Crippen molar-refractivity contribution in [3.8, 4) is 0 Å². The molecule has 1 unspecified atom stereocenters. The highest BCUT2D eigenvalue weighted by Crippen LogP contribution is 2.43. The molecule has 0 radical (unpaired) electrons. The van der Waals surface area contributed by atoms with Crippen molar-refractivity contribution in [2.24, 2.45) is 0 Å². The van der Waals surface area contributed by atoms with Crippen molar-refractivity contribution in [1.82, 2.24) is 0 Å². The molecule has 35 heavy (non-hydrogen) atoms. The summed E-state index contributed by atoms with van der Waals surface area (Å²) in [5.74, 6) is -2.74. The number of aryl methyl sites for hydroxylation is 1. The van der Waals surface area contributed by atoms with Crippen molar-refractivity contribution in [2.75, 3.05) is 4.90 Å². The summed E-state index contributed by atoms with van der Waals surface area (Å²) >= 11 is 0. The minimum atomic E-state index is -4.70. The Morgan fingerprint density at radius 3 is 2.20 bits per heavy atom. The average Bonchev–Trinajstić information content (AvgIpc) is 3.09. The molecule has 1 aliphatic heterocycles. The number of anilines is 1. The van der Waals surface area contributed by atoms with Gasteiger partial charge in [0.15, 0.2) is 0 Å². The van der Waals surface area contributed by atoms with E-state index in [9.17, 15) is 38.0 Å². The van der Waals surface area contributed by atoms with Gasteiger partial charge in [-0.25, -0.2) is 0 Å². The molecule has 178 valence electrons. The van der Waals surface area contributed by atoms with Gasteiger partial charge >= 0.3 is 6.18 Å². The number of carbonyl (C=O) groups is 2. The number of amides is 1. The second-order valence-electron chi connectivity index (χ2n) is 7.93. The van der Waals surface area contributed by atoms with Gasteiger partial charge in [-0.15, -0.1) is 0 Å². The Hall–Kier alpha value is -4.47. The van der Waals surface area contributed by atoms with E-state index in [1.54, 1.807) is 12.1 Å². The number of carbonyl (C=O) groups excluding carboxylic acids is 2. The number of halogens is 3. The molecule has 0 saturated carbocycles. The SMILES string of the molecule is Cc1ccc(C(O)=C2C(=O)C(=O)N(c3cccc(C(F)(F)F)c3)C2c2ccc([N+](=O)[O-])cc2)cc1. The van der Waals surface area contributed by atoms with E-state index in [0.717, 1.165) is 40.8 Å². The maximum absolute atomic E-state index is 13.3. The van der Waals surface area contributed by atoms with Gasteiger partial charge in [-0.3, -0.25) is 24.6 Å². The molecule has 3 aromatic rings. The summed E-state index contributed by atoms with van der Waals surface area (Å²) < 4.78 is 40.0. The summed E-state index contributed by atoms with van der Waals surface area (Å²) in [6, 6.07) is 13.9. The van der Waals surface area contributed by atoms with Gasteiger partial charge in [0.1, 0.15) is 5.76 Å². The third-order valence-electron chi connectivity index (χ3n) is 5.64. The molecular weight excluding hydrogens is 465 g/mol. The molecule has 1 saturated heterocycles. The van der Waals surface area contributed by atoms with Crippen molar-refractivity contribution in [2.45, 2.75) is 19.1 Å². The zero-order valence-electron chi connectivity index (χ0n) is 18.1. The zero-order chi connectivity index (χ0) is 25.5. The second-order valence-corrected chi connectivity index (χ2v) is 7.93. The molecule has 1 N–H and O–H groups in total. The Balaban J connectivity index is 1.94. The van der Waals surface area contributed by atoms with Crippen LogP contribution in [0.15, 0.2) is 78.4 Å². The first kappa shape index (κ1) is 23.7. The van der Waals surface area contributed by atoms with E-state index in [1.165, 1.54) is 30.3 Å².